The van der Waals surface area contributed by atoms with E-state index in [4.69, 9.17) is 0 Å². The van der Waals surface area contributed by atoms with E-state index in [0.717, 1.165) is 5.56 Å². The number of hydrogen-bond donors (Lipinski definition) is 0. The number of carbonyl (C=O) groups excluding carboxylic acids is 2. The molecule has 0 aromatic heterocycles. The van der Waals surface area contributed by atoms with E-state index in [-0.39, 0.29) is 23.7 Å². The predicted octanol–water partition coefficient (Wildman–Crippen LogP) is 4.12. The van der Waals surface area contributed by atoms with Gasteiger partial charge < -0.3 is 4.90 Å². The maximum absolute atomic E-state index is 12.8. The van der Waals surface area contributed by atoms with E-state index in [1.807, 2.05) is 62.4 Å². The average Bonchev–Trinajstić information content (AvgIpc) is 2.62. The van der Waals surface area contributed by atoms with Crippen LogP contribution in [0, 0.1) is 5.92 Å². The molecule has 0 saturated heterocycles. The van der Waals surface area contributed by atoms with Gasteiger partial charge in [-0.25, -0.2) is 0 Å². The standard InChI is InChI=1S/C20H23NO2/c1-4-18(22)15(2)19(16-11-7-5-8-12-16)21(3)20(23)17-13-9-6-10-14-17/h5-15,19H,4H2,1-3H3. The lowest BCUT2D eigenvalue weighted by atomic mass is 9.88. The lowest BCUT2D eigenvalue weighted by Gasteiger charge is -2.32. The number of amides is 1. The van der Waals surface area contributed by atoms with E-state index in [0.29, 0.717) is 12.0 Å². The Bertz CT molecular complexity index is 652. The molecule has 2 aromatic carbocycles. The van der Waals surface area contributed by atoms with Crippen molar-refractivity contribution in [3.05, 3.63) is 71.8 Å². The van der Waals surface area contributed by atoms with Crippen molar-refractivity contribution < 1.29 is 9.59 Å². The highest BCUT2D eigenvalue weighted by Crippen LogP contribution is 2.30. The Labute approximate surface area is 137 Å². The van der Waals surface area contributed by atoms with Crippen LogP contribution in [-0.4, -0.2) is 23.6 Å². The fourth-order valence-electron chi connectivity index (χ4n) is 2.91. The Kier molecular flexibility index (Phi) is 5.69. The van der Waals surface area contributed by atoms with E-state index < -0.39 is 0 Å². The van der Waals surface area contributed by atoms with Gasteiger partial charge in [-0.3, -0.25) is 9.59 Å². The predicted molar refractivity (Wildman–Crippen MR) is 92.2 cm³/mol. The molecule has 3 nitrogen and oxygen atoms in total. The molecule has 0 fully saturated rings. The number of nitrogens with zero attached hydrogens (tertiary/aromatic N) is 1. The van der Waals surface area contributed by atoms with Gasteiger partial charge >= 0.3 is 0 Å². The zero-order chi connectivity index (χ0) is 16.8. The lowest BCUT2D eigenvalue weighted by Crippen LogP contribution is -2.37. The first-order valence-corrected chi connectivity index (χ1v) is 7.96. The van der Waals surface area contributed by atoms with Crippen LogP contribution >= 0.6 is 0 Å². The highest BCUT2D eigenvalue weighted by atomic mass is 16.2. The second kappa shape index (κ2) is 7.73. The van der Waals surface area contributed by atoms with Crippen molar-refractivity contribution in [2.24, 2.45) is 5.92 Å². The second-order valence-electron chi connectivity index (χ2n) is 5.75. The largest absolute Gasteiger partial charge is 0.334 e. The van der Waals surface area contributed by atoms with Gasteiger partial charge in [0.2, 0.25) is 0 Å². The summed E-state index contributed by atoms with van der Waals surface area (Å²) >= 11 is 0. The van der Waals surface area contributed by atoms with Gasteiger partial charge in [0.15, 0.2) is 0 Å². The first kappa shape index (κ1) is 16.9. The van der Waals surface area contributed by atoms with Crippen molar-refractivity contribution in [2.75, 3.05) is 7.05 Å². The summed E-state index contributed by atoms with van der Waals surface area (Å²) in [6.07, 6.45) is 0.470. The molecular weight excluding hydrogens is 286 g/mol. The van der Waals surface area contributed by atoms with Crippen LogP contribution in [0.25, 0.3) is 0 Å². The molecule has 1 amide bonds. The molecule has 120 valence electrons. The number of Topliss-reactive ketones (excluding diaryl/α,β-unsaturated/α-hetero) is 1. The number of carbonyl (C=O) groups is 2. The molecule has 0 saturated carbocycles. The summed E-state index contributed by atoms with van der Waals surface area (Å²) in [5, 5.41) is 0. The summed E-state index contributed by atoms with van der Waals surface area (Å²) < 4.78 is 0. The maximum atomic E-state index is 12.8. The van der Waals surface area contributed by atoms with Crippen molar-refractivity contribution in [1.29, 1.82) is 0 Å². The molecule has 0 N–H and O–H groups in total. The van der Waals surface area contributed by atoms with E-state index >= 15 is 0 Å². The molecule has 0 aliphatic carbocycles. The Morgan fingerprint density at radius 1 is 0.957 bits per heavy atom. The fraction of sp³-hybridized carbons (Fsp3) is 0.300. The summed E-state index contributed by atoms with van der Waals surface area (Å²) in [6, 6.07) is 18.7. The van der Waals surface area contributed by atoms with Crippen LogP contribution in [0.2, 0.25) is 0 Å². The Morgan fingerprint density at radius 2 is 1.48 bits per heavy atom. The number of benzene rings is 2. The minimum atomic E-state index is -0.267. The fourth-order valence-corrected chi connectivity index (χ4v) is 2.91. The molecule has 2 rings (SSSR count). The molecule has 0 spiro atoms. The molecular formula is C20H23NO2. The first-order valence-electron chi connectivity index (χ1n) is 7.96. The number of hydrogen-bond acceptors (Lipinski definition) is 2. The van der Waals surface area contributed by atoms with Crippen LogP contribution in [-0.2, 0) is 4.79 Å². The molecule has 2 atom stereocenters. The quantitative estimate of drug-likeness (QED) is 0.805. The zero-order valence-electron chi connectivity index (χ0n) is 13.9. The van der Waals surface area contributed by atoms with Gasteiger partial charge in [-0.2, -0.15) is 0 Å². The van der Waals surface area contributed by atoms with Crippen molar-refractivity contribution in [1.82, 2.24) is 4.90 Å². The summed E-state index contributed by atoms with van der Waals surface area (Å²) in [5.41, 5.74) is 1.61. The Balaban J connectivity index is 2.37. The maximum Gasteiger partial charge on any atom is 0.254 e. The van der Waals surface area contributed by atoms with Crippen molar-refractivity contribution >= 4 is 11.7 Å². The van der Waals surface area contributed by atoms with Gasteiger partial charge in [-0.15, -0.1) is 0 Å². The number of rotatable bonds is 6. The molecule has 0 heterocycles. The van der Waals surface area contributed by atoms with Crippen LogP contribution in [0.4, 0.5) is 0 Å². The summed E-state index contributed by atoms with van der Waals surface area (Å²) in [4.78, 5) is 26.7. The third-order valence-electron chi connectivity index (χ3n) is 4.23. The van der Waals surface area contributed by atoms with E-state index in [2.05, 4.69) is 0 Å². The van der Waals surface area contributed by atoms with Crippen LogP contribution in [0.1, 0.15) is 42.2 Å². The molecule has 0 aliphatic heterocycles. The molecule has 0 aliphatic rings. The van der Waals surface area contributed by atoms with Gasteiger partial charge in [0.25, 0.3) is 5.91 Å². The average molecular weight is 309 g/mol. The van der Waals surface area contributed by atoms with Crippen LogP contribution < -0.4 is 0 Å². The summed E-state index contributed by atoms with van der Waals surface area (Å²) in [6.45, 7) is 3.76. The SMILES string of the molecule is CCC(=O)C(C)C(c1ccccc1)N(C)C(=O)c1ccccc1. The highest BCUT2D eigenvalue weighted by Gasteiger charge is 2.30. The van der Waals surface area contributed by atoms with Gasteiger partial charge in [0.1, 0.15) is 5.78 Å². The number of ketones is 1. The van der Waals surface area contributed by atoms with Crippen LogP contribution in [0.3, 0.4) is 0 Å². The van der Waals surface area contributed by atoms with E-state index in [9.17, 15) is 9.59 Å². The molecule has 3 heteroatoms. The molecule has 2 aromatic rings. The minimum absolute atomic E-state index is 0.0739. The normalized spacial score (nSPS) is 13.2. The zero-order valence-corrected chi connectivity index (χ0v) is 13.9. The highest BCUT2D eigenvalue weighted by molar-refractivity contribution is 5.94. The molecule has 23 heavy (non-hydrogen) atoms. The molecule has 0 radical (unpaired) electrons. The monoisotopic (exact) mass is 309 g/mol. The van der Waals surface area contributed by atoms with E-state index in [1.165, 1.54) is 0 Å². The summed E-state index contributed by atoms with van der Waals surface area (Å²) in [5.74, 6) is -0.165. The smallest absolute Gasteiger partial charge is 0.254 e. The third-order valence-corrected chi connectivity index (χ3v) is 4.23. The van der Waals surface area contributed by atoms with Crippen molar-refractivity contribution in [3.63, 3.8) is 0 Å². The lowest BCUT2D eigenvalue weighted by molar-refractivity contribution is -0.123. The minimum Gasteiger partial charge on any atom is -0.334 e. The second-order valence-corrected chi connectivity index (χ2v) is 5.75. The summed E-state index contributed by atoms with van der Waals surface area (Å²) in [7, 11) is 1.77. The van der Waals surface area contributed by atoms with Crippen LogP contribution in [0.5, 0.6) is 0 Å². The topological polar surface area (TPSA) is 37.4 Å². The van der Waals surface area contributed by atoms with Crippen molar-refractivity contribution in [3.8, 4) is 0 Å². The third kappa shape index (κ3) is 3.86. The Hall–Kier alpha value is -2.42. The van der Waals surface area contributed by atoms with Crippen molar-refractivity contribution in [2.45, 2.75) is 26.3 Å². The van der Waals surface area contributed by atoms with Gasteiger partial charge in [0.05, 0.1) is 6.04 Å². The Morgan fingerprint density at radius 3 is 2.00 bits per heavy atom. The van der Waals surface area contributed by atoms with Gasteiger partial charge in [-0.05, 0) is 17.7 Å². The van der Waals surface area contributed by atoms with Crippen LogP contribution in [0.15, 0.2) is 60.7 Å². The van der Waals surface area contributed by atoms with Gasteiger partial charge in [0, 0.05) is 24.9 Å². The molecule has 0 bridgehead atoms. The van der Waals surface area contributed by atoms with Gasteiger partial charge in [-0.1, -0.05) is 62.4 Å². The van der Waals surface area contributed by atoms with E-state index in [1.54, 1.807) is 24.1 Å². The molecule has 2 unspecified atom stereocenters. The first-order chi connectivity index (χ1) is 11.1.